The van der Waals surface area contributed by atoms with E-state index in [1.807, 2.05) is 16.4 Å². The van der Waals surface area contributed by atoms with Crippen molar-refractivity contribution in [3.05, 3.63) is 47.5 Å². The molecular weight excluding hydrogens is 318 g/mol. The lowest BCUT2D eigenvalue weighted by molar-refractivity contribution is -0.0481. The van der Waals surface area contributed by atoms with Crippen molar-refractivity contribution in [1.82, 2.24) is 19.7 Å². The molecule has 8 heteroatoms. The third kappa shape index (κ3) is 3.45. The van der Waals surface area contributed by atoms with E-state index >= 15 is 0 Å². The molecule has 1 aliphatic rings. The molecule has 2 atom stereocenters. The highest BCUT2D eigenvalue weighted by Crippen LogP contribution is 2.25. The normalized spacial score (nSPS) is 20.2. The van der Waals surface area contributed by atoms with Crippen LogP contribution in [0.2, 0.25) is 0 Å². The fourth-order valence-electron chi connectivity index (χ4n) is 2.95. The number of ether oxygens (including phenoxy) is 1. The number of nitrogens with zero attached hydrogens (tertiary/aromatic N) is 4. The van der Waals surface area contributed by atoms with Gasteiger partial charge in [-0.05, 0) is 19.1 Å². The van der Waals surface area contributed by atoms with Crippen LogP contribution in [0.5, 0.6) is 0 Å². The maximum absolute atomic E-state index is 13.8. The van der Waals surface area contributed by atoms with Gasteiger partial charge in [-0.2, -0.15) is 0 Å². The zero-order chi connectivity index (χ0) is 17.1. The highest BCUT2D eigenvalue weighted by atomic mass is 19.1. The van der Waals surface area contributed by atoms with Crippen molar-refractivity contribution in [3.63, 3.8) is 0 Å². The summed E-state index contributed by atoms with van der Waals surface area (Å²) in [5, 5.41) is 18.2. The van der Waals surface area contributed by atoms with E-state index in [1.54, 1.807) is 6.33 Å². The SMILES string of the molecule is CCn1cnnc1[C@H]1CN(C[C@@H](O)c2c(F)cccc2F)CCO1. The molecule has 0 spiro atoms. The monoisotopic (exact) mass is 338 g/mol. The Kier molecular flexibility index (Phi) is 5.17. The van der Waals surface area contributed by atoms with Crippen molar-refractivity contribution in [2.45, 2.75) is 25.7 Å². The minimum Gasteiger partial charge on any atom is -0.387 e. The predicted octanol–water partition coefficient (Wildman–Crippen LogP) is 1.68. The van der Waals surface area contributed by atoms with Gasteiger partial charge in [-0.1, -0.05) is 6.07 Å². The Morgan fingerprint density at radius 3 is 2.83 bits per heavy atom. The van der Waals surface area contributed by atoms with Gasteiger partial charge in [0.05, 0.1) is 18.3 Å². The molecule has 1 aliphatic heterocycles. The van der Waals surface area contributed by atoms with Crippen LogP contribution in [0.4, 0.5) is 8.78 Å². The summed E-state index contributed by atoms with van der Waals surface area (Å²) in [5.74, 6) is -0.759. The number of aryl methyl sites for hydroxylation is 1. The third-order valence-corrected chi connectivity index (χ3v) is 4.19. The number of aliphatic hydroxyl groups excluding tert-OH is 1. The van der Waals surface area contributed by atoms with E-state index in [4.69, 9.17) is 4.74 Å². The van der Waals surface area contributed by atoms with Crippen LogP contribution >= 0.6 is 0 Å². The van der Waals surface area contributed by atoms with Gasteiger partial charge in [-0.3, -0.25) is 4.90 Å². The van der Waals surface area contributed by atoms with Gasteiger partial charge in [0.25, 0.3) is 0 Å². The average Bonchev–Trinajstić information content (AvgIpc) is 3.03. The van der Waals surface area contributed by atoms with Gasteiger partial charge in [0.1, 0.15) is 24.1 Å². The van der Waals surface area contributed by atoms with Gasteiger partial charge in [-0.25, -0.2) is 8.78 Å². The molecule has 2 heterocycles. The number of hydrogen-bond donors (Lipinski definition) is 1. The molecule has 1 saturated heterocycles. The number of morpholine rings is 1. The molecule has 6 nitrogen and oxygen atoms in total. The lowest BCUT2D eigenvalue weighted by Crippen LogP contribution is -2.41. The summed E-state index contributed by atoms with van der Waals surface area (Å²) < 4.78 is 35.2. The second-order valence-electron chi connectivity index (χ2n) is 5.75. The number of rotatable bonds is 5. The molecule has 24 heavy (non-hydrogen) atoms. The number of β-amino-alcohol motifs (C(OH)–C–C–N with tert-alkyl or cyclic N) is 1. The van der Waals surface area contributed by atoms with E-state index in [0.717, 1.165) is 18.7 Å². The largest absolute Gasteiger partial charge is 0.387 e. The van der Waals surface area contributed by atoms with Crippen molar-refractivity contribution < 1.29 is 18.6 Å². The van der Waals surface area contributed by atoms with Crippen molar-refractivity contribution in [2.24, 2.45) is 0 Å². The average molecular weight is 338 g/mol. The molecule has 0 aliphatic carbocycles. The Morgan fingerprint density at radius 2 is 2.12 bits per heavy atom. The van der Waals surface area contributed by atoms with E-state index in [9.17, 15) is 13.9 Å². The van der Waals surface area contributed by atoms with Crippen molar-refractivity contribution in [2.75, 3.05) is 26.2 Å². The summed E-state index contributed by atoms with van der Waals surface area (Å²) in [6.45, 7) is 4.34. The van der Waals surface area contributed by atoms with E-state index in [-0.39, 0.29) is 18.2 Å². The first-order valence-corrected chi connectivity index (χ1v) is 7.93. The maximum Gasteiger partial charge on any atom is 0.163 e. The van der Waals surface area contributed by atoms with Crippen molar-refractivity contribution in [3.8, 4) is 0 Å². The molecule has 0 radical (unpaired) electrons. The summed E-state index contributed by atoms with van der Waals surface area (Å²) >= 11 is 0. The molecule has 0 saturated carbocycles. The van der Waals surface area contributed by atoms with Gasteiger partial charge < -0.3 is 14.4 Å². The van der Waals surface area contributed by atoms with Gasteiger partial charge >= 0.3 is 0 Å². The van der Waals surface area contributed by atoms with Crippen LogP contribution in [0.3, 0.4) is 0 Å². The van der Waals surface area contributed by atoms with Crippen LogP contribution in [-0.2, 0) is 11.3 Å². The predicted molar refractivity (Wildman–Crippen MR) is 82.1 cm³/mol. The van der Waals surface area contributed by atoms with Crippen LogP contribution < -0.4 is 0 Å². The van der Waals surface area contributed by atoms with E-state index in [2.05, 4.69) is 10.2 Å². The first-order chi connectivity index (χ1) is 11.6. The number of benzene rings is 1. The Bertz CT molecular complexity index is 674. The summed E-state index contributed by atoms with van der Waals surface area (Å²) in [7, 11) is 0. The standard InChI is InChI=1S/C16H20F2N4O2/c1-2-22-10-19-20-16(22)14-9-21(6-7-24-14)8-13(23)15-11(17)4-3-5-12(15)18/h3-5,10,13-14,23H,2,6-9H2,1H3/t13-,14-/m1/s1. The zero-order valence-electron chi connectivity index (χ0n) is 13.4. The summed E-state index contributed by atoms with van der Waals surface area (Å²) in [6, 6.07) is 3.57. The van der Waals surface area contributed by atoms with Gasteiger partial charge in [0.2, 0.25) is 0 Å². The molecule has 1 aromatic carbocycles. The highest BCUT2D eigenvalue weighted by molar-refractivity contribution is 5.22. The maximum atomic E-state index is 13.8. The van der Waals surface area contributed by atoms with Crippen LogP contribution in [0, 0.1) is 11.6 Å². The molecule has 2 aromatic rings. The number of halogens is 2. The quantitative estimate of drug-likeness (QED) is 0.899. The zero-order valence-corrected chi connectivity index (χ0v) is 13.4. The molecule has 0 bridgehead atoms. The molecule has 1 fully saturated rings. The Balaban J connectivity index is 1.69. The molecule has 3 rings (SSSR count). The van der Waals surface area contributed by atoms with Crippen molar-refractivity contribution >= 4 is 0 Å². The molecule has 130 valence electrons. The number of aromatic nitrogens is 3. The second kappa shape index (κ2) is 7.33. The topological polar surface area (TPSA) is 63.4 Å². The van der Waals surface area contributed by atoms with Gasteiger partial charge in [0.15, 0.2) is 5.82 Å². The summed E-state index contributed by atoms with van der Waals surface area (Å²) in [5.41, 5.74) is -0.294. The Hall–Kier alpha value is -1.90. The molecule has 0 amide bonds. The lowest BCUT2D eigenvalue weighted by atomic mass is 10.1. The fourth-order valence-corrected chi connectivity index (χ4v) is 2.95. The van der Waals surface area contributed by atoms with Crippen LogP contribution in [0.15, 0.2) is 24.5 Å². The highest BCUT2D eigenvalue weighted by Gasteiger charge is 2.28. The number of aliphatic hydroxyl groups is 1. The first kappa shape index (κ1) is 16.9. The van der Waals surface area contributed by atoms with E-state index < -0.39 is 17.7 Å². The minimum atomic E-state index is -1.24. The smallest absolute Gasteiger partial charge is 0.163 e. The van der Waals surface area contributed by atoms with Crippen LogP contribution in [-0.4, -0.2) is 51.0 Å². The summed E-state index contributed by atoms with van der Waals surface area (Å²) in [4.78, 5) is 1.92. The van der Waals surface area contributed by atoms with Crippen LogP contribution in [0.1, 0.15) is 30.5 Å². The first-order valence-electron chi connectivity index (χ1n) is 7.93. The fraction of sp³-hybridized carbons (Fsp3) is 0.500. The number of hydrogen-bond acceptors (Lipinski definition) is 5. The minimum absolute atomic E-state index is 0.123. The lowest BCUT2D eigenvalue weighted by Gasteiger charge is -2.33. The molecular formula is C16H20F2N4O2. The third-order valence-electron chi connectivity index (χ3n) is 4.19. The van der Waals surface area contributed by atoms with Crippen LogP contribution in [0.25, 0.3) is 0 Å². The second-order valence-corrected chi connectivity index (χ2v) is 5.75. The molecule has 1 N–H and O–H groups in total. The summed E-state index contributed by atoms with van der Waals surface area (Å²) in [6.07, 6.45) is 0.120. The van der Waals surface area contributed by atoms with Gasteiger partial charge in [0, 0.05) is 26.2 Å². The molecule has 1 aromatic heterocycles. The molecule has 0 unspecified atom stereocenters. The van der Waals surface area contributed by atoms with E-state index in [1.165, 1.54) is 6.07 Å². The van der Waals surface area contributed by atoms with Gasteiger partial charge in [-0.15, -0.1) is 10.2 Å². The Labute approximate surface area is 138 Å². The van der Waals surface area contributed by atoms with E-state index in [0.29, 0.717) is 25.5 Å². The Morgan fingerprint density at radius 1 is 1.38 bits per heavy atom. The van der Waals surface area contributed by atoms with Crippen molar-refractivity contribution in [1.29, 1.82) is 0 Å².